The number of carbonyl (C=O) groups is 2. The van der Waals surface area contributed by atoms with Crippen LogP contribution < -0.4 is 4.74 Å². The molecule has 6 nitrogen and oxygen atoms in total. The molecule has 0 amide bonds. The van der Waals surface area contributed by atoms with Crippen LogP contribution in [0.4, 0.5) is 0 Å². The highest BCUT2D eigenvalue weighted by Crippen LogP contribution is 2.22. The zero-order chi connectivity index (χ0) is 19.3. The first-order chi connectivity index (χ1) is 12.4. The van der Waals surface area contributed by atoms with E-state index in [9.17, 15) is 9.59 Å². The van der Waals surface area contributed by atoms with Gasteiger partial charge in [-0.05, 0) is 39.0 Å². The Labute approximate surface area is 153 Å². The molecule has 2 aromatic rings. The molecule has 0 unspecified atom stereocenters. The van der Waals surface area contributed by atoms with Gasteiger partial charge in [0.05, 0.1) is 19.8 Å². The van der Waals surface area contributed by atoms with Crippen molar-refractivity contribution in [2.45, 2.75) is 26.8 Å². The van der Waals surface area contributed by atoms with E-state index in [-0.39, 0.29) is 18.4 Å². The Morgan fingerprint density at radius 3 is 2.46 bits per heavy atom. The van der Waals surface area contributed by atoms with E-state index in [0.29, 0.717) is 23.5 Å². The van der Waals surface area contributed by atoms with Crippen molar-refractivity contribution in [3.8, 4) is 5.75 Å². The number of aryl methyl sites for hydroxylation is 1. The van der Waals surface area contributed by atoms with Crippen molar-refractivity contribution in [3.63, 3.8) is 0 Å². The molecule has 0 saturated heterocycles. The number of Topliss-reactive ketones (excluding diaryl/α,β-unsaturated/α-hetero) is 1. The molecule has 0 spiro atoms. The zero-order valence-corrected chi connectivity index (χ0v) is 15.9. The minimum atomic E-state index is -0.586. The second kappa shape index (κ2) is 8.67. The van der Waals surface area contributed by atoms with Crippen molar-refractivity contribution in [2.24, 2.45) is 0 Å². The summed E-state index contributed by atoms with van der Waals surface area (Å²) < 4.78 is 17.6. The van der Waals surface area contributed by atoms with E-state index in [1.807, 2.05) is 26.8 Å². The normalized spacial score (nSPS) is 11.9. The number of rotatable bonds is 8. The van der Waals surface area contributed by atoms with Gasteiger partial charge >= 0.3 is 5.97 Å². The van der Waals surface area contributed by atoms with Gasteiger partial charge < -0.3 is 18.8 Å². The molecule has 0 fully saturated rings. The molecule has 0 bridgehead atoms. The zero-order valence-electron chi connectivity index (χ0n) is 15.9. The molecule has 0 aliphatic rings. The van der Waals surface area contributed by atoms with Crippen molar-refractivity contribution in [3.05, 3.63) is 52.8 Å². The molecule has 0 N–H and O–H groups in total. The highest BCUT2D eigenvalue weighted by Gasteiger charge is 2.21. The van der Waals surface area contributed by atoms with Crippen LogP contribution in [-0.4, -0.2) is 43.8 Å². The second-order valence-electron chi connectivity index (χ2n) is 6.16. The molecule has 0 aliphatic heterocycles. The molecule has 0 radical (unpaired) electrons. The maximum Gasteiger partial charge on any atom is 0.342 e. The van der Waals surface area contributed by atoms with E-state index >= 15 is 0 Å². The molecule has 0 aliphatic carbocycles. The minimum Gasteiger partial charge on any atom is -0.496 e. The Kier molecular flexibility index (Phi) is 6.58. The van der Waals surface area contributed by atoms with Gasteiger partial charge in [-0.1, -0.05) is 12.1 Å². The number of benzene rings is 1. The number of nitrogens with zero attached hydrogens (tertiary/aromatic N) is 1. The number of methoxy groups -OCH3 is 2. The summed E-state index contributed by atoms with van der Waals surface area (Å²) in [5.74, 6) is -0.411. The number of hydrogen-bond donors (Lipinski definition) is 0. The lowest BCUT2D eigenvalue weighted by molar-refractivity contribution is 0.0471. The van der Waals surface area contributed by atoms with E-state index in [0.717, 1.165) is 11.4 Å². The monoisotopic (exact) mass is 359 g/mol. The highest BCUT2D eigenvalue weighted by molar-refractivity contribution is 6.01. The minimum absolute atomic E-state index is 0.109. The summed E-state index contributed by atoms with van der Waals surface area (Å²) in [5.41, 5.74) is 2.65. The van der Waals surface area contributed by atoms with Gasteiger partial charge in [-0.25, -0.2) is 4.79 Å². The third kappa shape index (κ3) is 4.14. The fourth-order valence-electron chi connectivity index (χ4n) is 3.15. The molecule has 2 rings (SSSR count). The van der Waals surface area contributed by atoms with Gasteiger partial charge in [0, 0.05) is 24.1 Å². The number of para-hydroxylation sites is 1. The maximum absolute atomic E-state index is 12.5. The molecule has 1 atom stereocenters. The Morgan fingerprint density at radius 1 is 1.12 bits per heavy atom. The van der Waals surface area contributed by atoms with Crippen molar-refractivity contribution < 1.29 is 23.8 Å². The summed E-state index contributed by atoms with van der Waals surface area (Å²) in [5, 5.41) is 0. The molecule has 140 valence electrons. The van der Waals surface area contributed by atoms with Crippen LogP contribution in [0.1, 0.15) is 45.1 Å². The lowest BCUT2D eigenvalue weighted by atomic mass is 10.1. The van der Waals surface area contributed by atoms with E-state index in [4.69, 9.17) is 14.2 Å². The number of esters is 1. The molecular formula is C20H25NO5. The van der Waals surface area contributed by atoms with Crippen molar-refractivity contribution >= 4 is 11.8 Å². The van der Waals surface area contributed by atoms with Crippen molar-refractivity contribution in [1.29, 1.82) is 0 Å². The third-order valence-corrected chi connectivity index (χ3v) is 4.29. The van der Waals surface area contributed by atoms with Gasteiger partial charge in [0.2, 0.25) is 5.78 Å². The SMILES string of the molecule is COC[C@H](C)n1c(C)cc(C(=O)COC(=O)c2ccccc2OC)c1C. The number of aromatic nitrogens is 1. The van der Waals surface area contributed by atoms with Crippen LogP contribution in [0.15, 0.2) is 30.3 Å². The lowest BCUT2D eigenvalue weighted by Gasteiger charge is -2.17. The molecule has 1 heterocycles. The fourth-order valence-corrected chi connectivity index (χ4v) is 3.15. The topological polar surface area (TPSA) is 66.8 Å². The Hall–Kier alpha value is -2.60. The summed E-state index contributed by atoms with van der Waals surface area (Å²) in [4.78, 5) is 24.8. The van der Waals surface area contributed by atoms with Gasteiger partial charge in [-0.3, -0.25) is 4.79 Å². The van der Waals surface area contributed by atoms with Gasteiger partial charge in [-0.2, -0.15) is 0 Å². The van der Waals surface area contributed by atoms with Gasteiger partial charge in [-0.15, -0.1) is 0 Å². The van der Waals surface area contributed by atoms with Gasteiger partial charge in [0.25, 0.3) is 0 Å². The molecule has 1 aromatic heterocycles. The van der Waals surface area contributed by atoms with Gasteiger partial charge in [0.15, 0.2) is 6.61 Å². The fraction of sp³-hybridized carbons (Fsp3) is 0.400. The predicted molar refractivity (Wildman–Crippen MR) is 98.1 cm³/mol. The quantitative estimate of drug-likeness (QED) is 0.534. The summed E-state index contributed by atoms with van der Waals surface area (Å²) in [7, 11) is 3.13. The molecule has 6 heteroatoms. The first kappa shape index (κ1) is 19.7. The van der Waals surface area contributed by atoms with Crippen LogP contribution in [0.2, 0.25) is 0 Å². The van der Waals surface area contributed by atoms with Crippen LogP contribution >= 0.6 is 0 Å². The lowest BCUT2D eigenvalue weighted by Crippen LogP contribution is -2.17. The Balaban J connectivity index is 2.11. The smallest absolute Gasteiger partial charge is 0.342 e. The first-order valence-electron chi connectivity index (χ1n) is 8.41. The van der Waals surface area contributed by atoms with Crippen molar-refractivity contribution in [2.75, 3.05) is 27.4 Å². The number of hydrogen-bond acceptors (Lipinski definition) is 5. The Bertz CT molecular complexity index is 793. The summed E-state index contributed by atoms with van der Waals surface area (Å²) >= 11 is 0. The van der Waals surface area contributed by atoms with Crippen LogP contribution in [-0.2, 0) is 9.47 Å². The average Bonchev–Trinajstić information content (AvgIpc) is 2.93. The van der Waals surface area contributed by atoms with Gasteiger partial charge in [0.1, 0.15) is 11.3 Å². The highest BCUT2D eigenvalue weighted by atomic mass is 16.5. The van der Waals surface area contributed by atoms with Crippen LogP contribution in [0.5, 0.6) is 5.75 Å². The summed E-state index contributed by atoms with van der Waals surface area (Å²) in [6, 6.07) is 8.67. The van der Waals surface area contributed by atoms with E-state index in [1.165, 1.54) is 7.11 Å². The van der Waals surface area contributed by atoms with Crippen LogP contribution in [0.3, 0.4) is 0 Å². The molecular weight excluding hydrogens is 334 g/mol. The Morgan fingerprint density at radius 2 is 1.81 bits per heavy atom. The first-order valence-corrected chi connectivity index (χ1v) is 8.41. The van der Waals surface area contributed by atoms with Crippen LogP contribution in [0, 0.1) is 13.8 Å². The van der Waals surface area contributed by atoms with Crippen molar-refractivity contribution in [1.82, 2.24) is 4.57 Å². The summed E-state index contributed by atoms with van der Waals surface area (Å²) in [6.07, 6.45) is 0. The van der Waals surface area contributed by atoms with E-state index in [1.54, 1.807) is 31.4 Å². The second-order valence-corrected chi connectivity index (χ2v) is 6.16. The van der Waals surface area contributed by atoms with Crippen LogP contribution in [0.25, 0.3) is 0 Å². The average molecular weight is 359 g/mol. The standard InChI is InChI=1S/C20H25NO5/c1-13-10-17(15(3)21(13)14(2)11-24-4)18(22)12-26-20(23)16-8-6-7-9-19(16)25-5/h6-10,14H,11-12H2,1-5H3/t14-/m0/s1. The maximum atomic E-state index is 12.5. The molecule has 1 aromatic carbocycles. The van der Waals surface area contributed by atoms with E-state index in [2.05, 4.69) is 4.57 Å². The number of ether oxygens (including phenoxy) is 3. The number of ketones is 1. The predicted octanol–water partition coefficient (Wildman–Crippen LogP) is 3.36. The third-order valence-electron chi connectivity index (χ3n) is 4.29. The largest absolute Gasteiger partial charge is 0.496 e. The number of carbonyl (C=O) groups excluding carboxylic acids is 2. The molecule has 0 saturated carbocycles. The molecule has 26 heavy (non-hydrogen) atoms. The van der Waals surface area contributed by atoms with E-state index < -0.39 is 5.97 Å². The summed E-state index contributed by atoms with van der Waals surface area (Å²) in [6.45, 7) is 6.08.